The molecule has 29 heavy (non-hydrogen) atoms. The van der Waals surface area contributed by atoms with Crippen molar-refractivity contribution in [3.63, 3.8) is 0 Å². The third-order valence-corrected chi connectivity index (χ3v) is 3.41. The molecule has 2 amide bonds. The molecule has 0 aliphatic carbocycles. The molecule has 0 bridgehead atoms. The van der Waals surface area contributed by atoms with Crippen molar-refractivity contribution in [1.82, 2.24) is 10.4 Å². The first kappa shape index (κ1) is 19.8. The largest absolute Gasteiger partial charge is 0.573 e. The number of pyridine rings is 1. The number of nitrogens with zero attached hydrogens (tertiary/aromatic N) is 1. The van der Waals surface area contributed by atoms with Gasteiger partial charge in [-0.3, -0.25) is 15.8 Å². The number of amides is 2. The normalized spacial score (nSPS) is 10.7. The van der Waals surface area contributed by atoms with Crippen LogP contribution < -0.4 is 25.6 Å². The molecule has 0 saturated carbocycles. The lowest BCUT2D eigenvalue weighted by Gasteiger charge is -2.12. The van der Waals surface area contributed by atoms with E-state index < -0.39 is 12.4 Å². The minimum absolute atomic E-state index is 0.292. The Kier molecular flexibility index (Phi) is 6.03. The second-order valence-corrected chi connectivity index (χ2v) is 5.59. The molecular formula is C19H15F3N4O3. The molecule has 3 N–H and O–H groups in total. The van der Waals surface area contributed by atoms with Gasteiger partial charge in [0.2, 0.25) is 0 Å². The molecule has 0 saturated heterocycles. The molecule has 0 atom stereocenters. The van der Waals surface area contributed by atoms with Gasteiger partial charge in [0.1, 0.15) is 17.2 Å². The summed E-state index contributed by atoms with van der Waals surface area (Å²) in [5.74, 6) is 0.868. The lowest BCUT2D eigenvalue weighted by molar-refractivity contribution is -0.274. The number of urea groups is 1. The maximum atomic E-state index is 12.1. The quantitative estimate of drug-likeness (QED) is 0.508. The topological polar surface area (TPSA) is 84.5 Å². The van der Waals surface area contributed by atoms with E-state index in [1.54, 1.807) is 48.8 Å². The lowest BCUT2D eigenvalue weighted by Crippen LogP contribution is -2.33. The van der Waals surface area contributed by atoms with Crippen molar-refractivity contribution in [2.45, 2.75) is 6.36 Å². The molecule has 10 heteroatoms. The molecule has 1 heterocycles. The number of carbonyl (C=O) groups is 1. The number of ether oxygens (including phenoxy) is 2. The second kappa shape index (κ2) is 8.83. The summed E-state index contributed by atoms with van der Waals surface area (Å²) in [6, 6.07) is 14.4. The Bertz CT molecular complexity index is 934. The van der Waals surface area contributed by atoms with Crippen LogP contribution in [-0.4, -0.2) is 17.4 Å². The molecule has 0 radical (unpaired) electrons. The lowest BCUT2D eigenvalue weighted by atomic mass is 10.3. The minimum Gasteiger partial charge on any atom is -0.457 e. The van der Waals surface area contributed by atoms with Crippen molar-refractivity contribution in [1.29, 1.82) is 0 Å². The number of anilines is 2. The Morgan fingerprint density at radius 2 is 1.34 bits per heavy atom. The Morgan fingerprint density at radius 1 is 0.793 bits per heavy atom. The summed E-state index contributed by atoms with van der Waals surface area (Å²) < 4.78 is 45.8. The van der Waals surface area contributed by atoms with Crippen LogP contribution >= 0.6 is 0 Å². The highest BCUT2D eigenvalue weighted by atomic mass is 19.4. The Balaban J connectivity index is 1.46. The number of carbonyl (C=O) groups excluding carboxylic acids is 1. The Hall–Kier alpha value is -3.95. The highest BCUT2D eigenvalue weighted by Gasteiger charge is 2.30. The van der Waals surface area contributed by atoms with Gasteiger partial charge in [0.05, 0.1) is 5.69 Å². The summed E-state index contributed by atoms with van der Waals surface area (Å²) in [4.78, 5) is 15.8. The van der Waals surface area contributed by atoms with E-state index in [-0.39, 0.29) is 5.75 Å². The van der Waals surface area contributed by atoms with Crippen LogP contribution in [0.15, 0.2) is 73.1 Å². The molecule has 0 unspecified atom stereocenters. The van der Waals surface area contributed by atoms with Gasteiger partial charge in [-0.25, -0.2) is 4.79 Å². The van der Waals surface area contributed by atoms with E-state index in [0.29, 0.717) is 22.9 Å². The summed E-state index contributed by atoms with van der Waals surface area (Å²) in [6.07, 6.45) is -1.54. The Morgan fingerprint density at radius 3 is 1.97 bits per heavy atom. The van der Waals surface area contributed by atoms with E-state index >= 15 is 0 Å². The second-order valence-electron chi connectivity index (χ2n) is 5.59. The maximum Gasteiger partial charge on any atom is 0.573 e. The molecule has 150 valence electrons. The van der Waals surface area contributed by atoms with E-state index in [9.17, 15) is 18.0 Å². The molecule has 0 aliphatic heterocycles. The van der Waals surface area contributed by atoms with Gasteiger partial charge in [0.15, 0.2) is 0 Å². The van der Waals surface area contributed by atoms with Crippen LogP contribution in [0.5, 0.6) is 17.2 Å². The fourth-order valence-electron chi connectivity index (χ4n) is 2.18. The number of halogens is 3. The monoisotopic (exact) mass is 404 g/mol. The Labute approximate surface area is 163 Å². The third-order valence-electron chi connectivity index (χ3n) is 3.41. The molecule has 0 spiro atoms. The zero-order valence-electron chi connectivity index (χ0n) is 14.7. The van der Waals surface area contributed by atoms with Gasteiger partial charge >= 0.3 is 12.4 Å². The number of hydrazine groups is 1. The first-order valence-electron chi connectivity index (χ1n) is 8.24. The van der Waals surface area contributed by atoms with Crippen molar-refractivity contribution in [3.8, 4) is 17.2 Å². The van der Waals surface area contributed by atoms with Crippen LogP contribution in [-0.2, 0) is 0 Å². The van der Waals surface area contributed by atoms with Gasteiger partial charge in [-0.05, 0) is 60.7 Å². The summed E-state index contributed by atoms with van der Waals surface area (Å²) in [6.45, 7) is 0. The highest BCUT2D eigenvalue weighted by Crippen LogP contribution is 2.24. The van der Waals surface area contributed by atoms with Crippen molar-refractivity contribution in [2.24, 2.45) is 0 Å². The van der Waals surface area contributed by atoms with E-state index in [0.717, 1.165) is 12.1 Å². The van der Waals surface area contributed by atoms with Crippen LogP contribution in [0.25, 0.3) is 0 Å². The average Bonchev–Trinajstić information content (AvgIpc) is 2.69. The molecule has 2 aromatic carbocycles. The fourth-order valence-corrected chi connectivity index (χ4v) is 2.18. The number of hydrogen-bond acceptors (Lipinski definition) is 5. The molecular weight excluding hydrogens is 389 g/mol. The smallest absolute Gasteiger partial charge is 0.457 e. The predicted molar refractivity (Wildman–Crippen MR) is 99.7 cm³/mol. The van der Waals surface area contributed by atoms with E-state index in [4.69, 9.17) is 4.74 Å². The maximum absolute atomic E-state index is 12.1. The summed E-state index contributed by atoms with van der Waals surface area (Å²) in [7, 11) is 0. The van der Waals surface area contributed by atoms with Gasteiger partial charge in [-0.1, -0.05) is 0 Å². The average molecular weight is 404 g/mol. The van der Waals surface area contributed by atoms with E-state index in [1.165, 1.54) is 12.1 Å². The van der Waals surface area contributed by atoms with Crippen LogP contribution in [0, 0.1) is 0 Å². The standard InChI is InChI=1S/C19H15F3N4O3/c20-19(21,22)29-17-7-1-13(2-8-17)24-18(27)26-25-14-3-5-15(6-4-14)28-16-9-11-23-12-10-16/h1-12,25H,(H2,24,26,27). The number of alkyl halides is 3. The minimum atomic E-state index is -4.77. The number of nitrogens with one attached hydrogen (secondary N) is 3. The van der Waals surface area contributed by atoms with Gasteiger partial charge in [0.25, 0.3) is 0 Å². The molecule has 1 aromatic heterocycles. The van der Waals surface area contributed by atoms with Gasteiger partial charge in [0, 0.05) is 18.1 Å². The molecule has 0 fully saturated rings. The summed E-state index contributed by atoms with van der Waals surface area (Å²) in [5.41, 5.74) is 5.99. The highest BCUT2D eigenvalue weighted by molar-refractivity contribution is 5.90. The van der Waals surface area contributed by atoms with Gasteiger partial charge < -0.3 is 14.8 Å². The summed E-state index contributed by atoms with van der Waals surface area (Å²) >= 11 is 0. The SMILES string of the molecule is O=C(NNc1ccc(Oc2ccncc2)cc1)Nc1ccc(OC(F)(F)F)cc1. The van der Waals surface area contributed by atoms with Crippen LogP contribution in [0.3, 0.4) is 0 Å². The zero-order valence-corrected chi connectivity index (χ0v) is 14.7. The van der Waals surface area contributed by atoms with Gasteiger partial charge in [-0.15, -0.1) is 13.2 Å². The first-order chi connectivity index (χ1) is 13.9. The van der Waals surface area contributed by atoms with E-state index in [2.05, 4.69) is 25.9 Å². The third kappa shape index (κ3) is 6.61. The van der Waals surface area contributed by atoms with Gasteiger partial charge in [-0.2, -0.15) is 0 Å². The molecule has 3 rings (SSSR count). The van der Waals surface area contributed by atoms with Crippen LogP contribution in [0.2, 0.25) is 0 Å². The van der Waals surface area contributed by atoms with Crippen molar-refractivity contribution in [2.75, 3.05) is 10.7 Å². The van der Waals surface area contributed by atoms with Crippen molar-refractivity contribution in [3.05, 3.63) is 73.1 Å². The van der Waals surface area contributed by atoms with Crippen LogP contribution in [0.4, 0.5) is 29.3 Å². The van der Waals surface area contributed by atoms with Crippen LogP contribution in [0.1, 0.15) is 0 Å². The fraction of sp³-hybridized carbons (Fsp3) is 0.0526. The molecule has 7 nitrogen and oxygen atoms in total. The number of aromatic nitrogens is 1. The first-order valence-corrected chi connectivity index (χ1v) is 8.24. The van der Waals surface area contributed by atoms with E-state index in [1.807, 2.05) is 0 Å². The molecule has 0 aliphatic rings. The molecule has 3 aromatic rings. The van der Waals surface area contributed by atoms with Crippen molar-refractivity contribution < 1.29 is 27.4 Å². The number of hydrogen-bond donors (Lipinski definition) is 3. The predicted octanol–water partition coefficient (Wildman–Crippen LogP) is 4.92. The summed E-state index contributed by atoms with van der Waals surface area (Å²) in [5, 5.41) is 2.47. The zero-order chi connectivity index (χ0) is 20.7. The number of benzene rings is 2. The number of rotatable bonds is 6. The van der Waals surface area contributed by atoms with Crippen molar-refractivity contribution >= 4 is 17.4 Å².